The van der Waals surface area contributed by atoms with Crippen LogP contribution in [0.25, 0.3) is 0 Å². The fourth-order valence-electron chi connectivity index (χ4n) is 0.256. The Bertz CT molecular complexity index is 92.2. The van der Waals surface area contributed by atoms with Crippen LogP contribution >= 0.6 is 46.6 Å². The van der Waals surface area contributed by atoms with Gasteiger partial charge in [-0.05, 0) is 0 Å². The van der Waals surface area contributed by atoms with Crippen molar-refractivity contribution >= 4 is 46.6 Å². The van der Waals surface area contributed by atoms with E-state index in [-0.39, 0.29) is 0 Å². The summed E-state index contributed by atoms with van der Waals surface area (Å²) in [5.41, 5.74) is 1.38. The third-order valence-electron chi connectivity index (χ3n) is 0.580. The topological polar surface area (TPSA) is 0 Å². The van der Waals surface area contributed by atoms with E-state index in [1.807, 2.05) is 0 Å². The lowest BCUT2D eigenvalue weighted by Gasteiger charge is -1.93. The highest BCUT2D eigenvalue weighted by atomic mass is 35.5. The molecule has 0 aromatic rings. The second-order valence-electron chi connectivity index (χ2n) is 1.30. The van der Waals surface area contributed by atoms with Crippen LogP contribution in [0.5, 0.6) is 0 Å². The van der Waals surface area contributed by atoms with Crippen molar-refractivity contribution in [1.29, 1.82) is 0 Å². The minimum absolute atomic E-state index is 0.664. The van der Waals surface area contributed by atoms with Gasteiger partial charge in [0.1, 0.15) is 0 Å². The molecule has 0 spiro atoms. The molecule has 4 heteroatoms. The summed E-state index contributed by atoms with van der Waals surface area (Å²) in [6.07, 6.45) is 0. The Morgan fingerprint density at radius 3 is 2.67 bits per heavy atom. The van der Waals surface area contributed by atoms with Crippen molar-refractivity contribution in [3.63, 3.8) is 0 Å². The second kappa shape index (κ2) is 7.07. The number of hydrogen-bond donors (Lipinski definition) is 0. The van der Waals surface area contributed by atoms with E-state index in [1.54, 1.807) is 11.8 Å². The number of thioether (sulfide) groups is 1. The van der Waals surface area contributed by atoms with E-state index in [1.165, 1.54) is 5.54 Å². The van der Waals surface area contributed by atoms with Gasteiger partial charge in [-0.25, -0.2) is 0 Å². The first kappa shape index (κ1) is 9.96. The molecule has 0 aliphatic carbocycles. The summed E-state index contributed by atoms with van der Waals surface area (Å²) in [5, 5.41) is 0.673. The Balaban J connectivity index is 3.07. The molecule has 0 N–H and O–H groups in total. The van der Waals surface area contributed by atoms with Gasteiger partial charge in [-0.2, -0.15) is 11.8 Å². The largest absolute Gasteiger partial charge is 0.155 e. The highest BCUT2D eigenvalue weighted by molar-refractivity contribution is 7.99. The molecule has 0 saturated heterocycles. The summed E-state index contributed by atoms with van der Waals surface area (Å²) >= 11 is 17.9. The average molecular weight is 206 g/mol. The van der Waals surface area contributed by atoms with Crippen LogP contribution in [0, 0.1) is 0 Å². The molecule has 0 aliphatic rings. The van der Waals surface area contributed by atoms with E-state index in [0.29, 0.717) is 10.9 Å². The zero-order chi connectivity index (χ0) is 7.11. The molecule has 0 atom stereocenters. The maximum absolute atomic E-state index is 5.57. The van der Waals surface area contributed by atoms with Gasteiger partial charge in [0.15, 0.2) is 0 Å². The van der Waals surface area contributed by atoms with Gasteiger partial charge in [0, 0.05) is 28.0 Å². The van der Waals surface area contributed by atoms with Crippen LogP contribution in [-0.4, -0.2) is 17.4 Å². The molecule has 0 rings (SSSR count). The maximum Gasteiger partial charge on any atom is 0.0392 e. The van der Waals surface area contributed by atoms with E-state index < -0.39 is 0 Å². The number of rotatable bonds is 4. The first-order valence-electron chi connectivity index (χ1n) is 2.39. The zero-order valence-corrected chi connectivity index (χ0v) is 7.83. The molecule has 0 bridgehead atoms. The van der Waals surface area contributed by atoms with Gasteiger partial charge >= 0.3 is 0 Å². The monoisotopic (exact) mass is 204 g/mol. The van der Waals surface area contributed by atoms with Crippen LogP contribution in [0.4, 0.5) is 0 Å². The zero-order valence-electron chi connectivity index (χ0n) is 4.74. The molecular formula is C5H7Cl3S. The first-order valence-corrected chi connectivity index (χ1v) is 4.90. The third-order valence-corrected chi connectivity index (χ3v) is 2.78. The molecule has 0 heterocycles. The third kappa shape index (κ3) is 6.85. The fraction of sp³-hybridized carbons (Fsp3) is 0.600. The molecule has 0 fully saturated rings. The molecule has 0 unspecified atom stereocenters. The number of halogens is 3. The van der Waals surface area contributed by atoms with Crippen molar-refractivity contribution in [3.8, 4) is 0 Å². The first-order chi connectivity index (χ1) is 4.31. The van der Waals surface area contributed by atoms with Gasteiger partial charge in [0.25, 0.3) is 0 Å². The van der Waals surface area contributed by atoms with Crippen LogP contribution in [0.15, 0.2) is 10.6 Å². The summed E-state index contributed by atoms with van der Waals surface area (Å²) in [4.78, 5) is 0. The number of alkyl halides is 1. The van der Waals surface area contributed by atoms with E-state index >= 15 is 0 Å². The van der Waals surface area contributed by atoms with Gasteiger partial charge in [0.05, 0.1) is 0 Å². The molecule has 0 nitrogen and oxygen atoms in total. The minimum atomic E-state index is 0.664. The molecule has 0 aromatic heterocycles. The van der Waals surface area contributed by atoms with Crippen molar-refractivity contribution in [2.45, 2.75) is 0 Å². The molecule has 0 aromatic carbocycles. The standard InChI is InChI=1S/C5H7Cl3S/c6-1-2-9-4-5(8)3-7/h3H,1-2,4H2/b5-3+. The number of hydrogen-bond acceptors (Lipinski definition) is 1. The Kier molecular flexibility index (Phi) is 7.83. The van der Waals surface area contributed by atoms with Crippen molar-refractivity contribution in [1.82, 2.24) is 0 Å². The quantitative estimate of drug-likeness (QED) is 0.501. The lowest BCUT2D eigenvalue weighted by molar-refractivity contribution is 1.52. The summed E-state index contributed by atoms with van der Waals surface area (Å²) in [7, 11) is 0. The lowest BCUT2D eigenvalue weighted by atomic mass is 10.7. The Labute approximate surface area is 74.5 Å². The van der Waals surface area contributed by atoms with Gasteiger partial charge in [0.2, 0.25) is 0 Å². The molecular weight excluding hydrogens is 198 g/mol. The highest BCUT2D eigenvalue weighted by Crippen LogP contribution is 2.12. The van der Waals surface area contributed by atoms with Crippen molar-refractivity contribution in [3.05, 3.63) is 10.6 Å². The molecule has 9 heavy (non-hydrogen) atoms. The average Bonchev–Trinajstić information content (AvgIpc) is 1.89. The lowest BCUT2D eigenvalue weighted by Crippen LogP contribution is -1.82. The highest BCUT2D eigenvalue weighted by Gasteiger charge is 1.90. The van der Waals surface area contributed by atoms with Gasteiger partial charge in [-0.1, -0.05) is 23.2 Å². The minimum Gasteiger partial charge on any atom is -0.155 e. The van der Waals surface area contributed by atoms with Gasteiger partial charge in [-0.15, -0.1) is 11.6 Å². The Morgan fingerprint density at radius 2 is 2.22 bits per heavy atom. The maximum atomic E-state index is 5.57. The van der Waals surface area contributed by atoms with Crippen LogP contribution in [0.1, 0.15) is 0 Å². The summed E-state index contributed by atoms with van der Waals surface area (Å²) in [6, 6.07) is 0. The van der Waals surface area contributed by atoms with E-state index in [0.717, 1.165) is 11.5 Å². The second-order valence-corrected chi connectivity index (χ2v) is 3.48. The summed E-state index contributed by atoms with van der Waals surface area (Å²) in [5.74, 6) is 2.34. The SMILES string of the molecule is Cl/C=C(/Cl)CSCCCl. The van der Waals surface area contributed by atoms with Crippen molar-refractivity contribution in [2.24, 2.45) is 0 Å². The van der Waals surface area contributed by atoms with Crippen LogP contribution in [0.2, 0.25) is 0 Å². The Hall–Kier alpha value is 0.960. The molecule has 0 radical (unpaired) electrons. The smallest absolute Gasteiger partial charge is 0.0392 e. The van der Waals surface area contributed by atoms with E-state index in [9.17, 15) is 0 Å². The Morgan fingerprint density at radius 1 is 1.56 bits per heavy atom. The normalized spacial score (nSPS) is 12.1. The molecule has 0 aliphatic heterocycles. The van der Waals surface area contributed by atoms with Gasteiger partial charge < -0.3 is 0 Å². The van der Waals surface area contributed by atoms with Gasteiger partial charge in [-0.3, -0.25) is 0 Å². The summed E-state index contributed by atoms with van der Waals surface area (Å²) < 4.78 is 0. The fourth-order valence-corrected chi connectivity index (χ4v) is 1.51. The predicted molar refractivity (Wildman–Crippen MR) is 47.8 cm³/mol. The summed E-state index contributed by atoms with van der Waals surface area (Å²) in [6.45, 7) is 0. The molecule has 54 valence electrons. The van der Waals surface area contributed by atoms with Crippen LogP contribution in [-0.2, 0) is 0 Å². The molecule has 0 amide bonds. The van der Waals surface area contributed by atoms with Crippen LogP contribution < -0.4 is 0 Å². The van der Waals surface area contributed by atoms with Crippen molar-refractivity contribution in [2.75, 3.05) is 17.4 Å². The van der Waals surface area contributed by atoms with E-state index in [2.05, 4.69) is 0 Å². The van der Waals surface area contributed by atoms with Crippen molar-refractivity contribution < 1.29 is 0 Å². The van der Waals surface area contributed by atoms with E-state index in [4.69, 9.17) is 34.8 Å². The molecule has 0 saturated carbocycles. The predicted octanol–water partition coefficient (Wildman–Crippen LogP) is 3.28. The van der Waals surface area contributed by atoms with Crippen LogP contribution in [0.3, 0.4) is 0 Å².